The summed E-state index contributed by atoms with van der Waals surface area (Å²) < 4.78 is 75.6. The number of benzene rings is 1. The number of fused-ring (bicyclic) bond motifs is 1. The lowest BCUT2D eigenvalue weighted by Crippen LogP contribution is -2.44. The average molecular weight is 507 g/mol. The maximum Gasteiger partial charge on any atom is 0.259 e. The minimum atomic E-state index is -2.55. The Morgan fingerprint density at radius 3 is 2.19 bits per heavy atom. The molecule has 5 rings (SSSR count). The molecule has 0 N–H and O–H groups in total. The number of alkyl halides is 3. The van der Waals surface area contributed by atoms with Crippen molar-refractivity contribution in [3.63, 3.8) is 0 Å². The van der Waals surface area contributed by atoms with Gasteiger partial charge in [0.1, 0.15) is 28.4 Å². The molecule has 8 nitrogen and oxygen atoms in total. The summed E-state index contributed by atoms with van der Waals surface area (Å²) in [5.74, 6) is -2.94. The van der Waals surface area contributed by atoms with Crippen molar-refractivity contribution in [2.24, 2.45) is 0 Å². The molecular formula is C23H22F5N7O. The second-order valence-corrected chi connectivity index (χ2v) is 9.64. The topological polar surface area (TPSA) is 80.0 Å². The van der Waals surface area contributed by atoms with Gasteiger partial charge in [0.2, 0.25) is 5.95 Å². The van der Waals surface area contributed by atoms with Crippen LogP contribution in [0.4, 0.5) is 27.9 Å². The molecule has 1 amide bonds. The lowest BCUT2D eigenvalue weighted by atomic mass is 9.94. The van der Waals surface area contributed by atoms with Crippen molar-refractivity contribution in [2.75, 3.05) is 31.1 Å². The molecule has 2 atom stereocenters. The molecule has 36 heavy (non-hydrogen) atoms. The van der Waals surface area contributed by atoms with Crippen LogP contribution in [0.3, 0.4) is 0 Å². The number of carbonyl (C=O) groups is 1. The lowest BCUT2D eigenvalue weighted by Gasteiger charge is -2.25. The summed E-state index contributed by atoms with van der Waals surface area (Å²) in [6, 6.07) is 3.85. The predicted octanol–water partition coefficient (Wildman–Crippen LogP) is 3.24. The van der Waals surface area contributed by atoms with E-state index in [1.807, 2.05) is 0 Å². The van der Waals surface area contributed by atoms with Gasteiger partial charge in [0.15, 0.2) is 17.2 Å². The van der Waals surface area contributed by atoms with Gasteiger partial charge in [-0.2, -0.15) is 15.0 Å². The molecule has 0 aliphatic carbocycles. The van der Waals surface area contributed by atoms with Crippen molar-refractivity contribution in [1.82, 2.24) is 29.9 Å². The Bertz CT molecular complexity index is 1330. The van der Waals surface area contributed by atoms with Crippen LogP contribution in [0.15, 0.2) is 30.6 Å². The number of hydrogen-bond acceptors (Lipinski definition) is 6. The molecule has 0 radical (unpaired) electrons. The summed E-state index contributed by atoms with van der Waals surface area (Å²) in [4.78, 5) is 24.3. The standard InChI is InChI=1S/C23H22F5N7O/c1-13-17(25)18(21(2,3)26)32-20(31-13)34-11-22(27)9-33(10-23(22,28)12-34)19(36)16-14(24)5-4-6-15(16)35-29-7-8-30-35/h4-8H,9-12H2,1-3H3/t22-,23+. The first-order valence-corrected chi connectivity index (χ1v) is 11.1. The quantitative estimate of drug-likeness (QED) is 0.505. The van der Waals surface area contributed by atoms with Crippen LogP contribution in [0.25, 0.3) is 5.69 Å². The number of rotatable bonds is 4. The molecule has 2 saturated heterocycles. The van der Waals surface area contributed by atoms with E-state index in [0.717, 1.165) is 29.6 Å². The third kappa shape index (κ3) is 3.68. The minimum absolute atomic E-state index is 0.0288. The SMILES string of the molecule is Cc1nc(N2C[C@]3(F)CN(C(=O)c4c(F)cccc4-n4nccn4)C[C@]3(F)C2)nc(C(C)(C)F)c1F. The van der Waals surface area contributed by atoms with Gasteiger partial charge in [0.25, 0.3) is 5.91 Å². The summed E-state index contributed by atoms with van der Waals surface area (Å²) in [6.45, 7) is 1.09. The normalized spacial score (nSPS) is 23.9. The zero-order valence-electron chi connectivity index (χ0n) is 19.6. The van der Waals surface area contributed by atoms with Gasteiger partial charge in [-0.3, -0.25) is 4.79 Å². The van der Waals surface area contributed by atoms with Crippen LogP contribution in [0.5, 0.6) is 0 Å². The molecule has 0 spiro atoms. The van der Waals surface area contributed by atoms with Crippen molar-refractivity contribution < 1.29 is 26.7 Å². The van der Waals surface area contributed by atoms with E-state index in [1.54, 1.807) is 0 Å². The monoisotopic (exact) mass is 507 g/mol. The number of nitrogens with zero attached hydrogens (tertiary/aromatic N) is 7. The first kappa shape index (κ1) is 24.1. The Kier molecular flexibility index (Phi) is 5.31. The van der Waals surface area contributed by atoms with E-state index in [0.29, 0.717) is 0 Å². The molecule has 0 saturated carbocycles. The van der Waals surface area contributed by atoms with Gasteiger partial charge in [-0.15, -0.1) is 0 Å². The molecule has 13 heteroatoms. The van der Waals surface area contributed by atoms with Gasteiger partial charge >= 0.3 is 0 Å². The van der Waals surface area contributed by atoms with E-state index in [2.05, 4.69) is 20.2 Å². The van der Waals surface area contributed by atoms with Crippen molar-refractivity contribution in [3.8, 4) is 5.69 Å². The van der Waals surface area contributed by atoms with Gasteiger partial charge in [-0.1, -0.05) is 6.07 Å². The Hall–Kier alpha value is -3.64. The van der Waals surface area contributed by atoms with E-state index in [9.17, 15) is 18.0 Å². The Morgan fingerprint density at radius 1 is 1.00 bits per heavy atom. The number of carbonyl (C=O) groups excluding carboxylic acids is 1. The van der Waals surface area contributed by atoms with Crippen molar-refractivity contribution in [3.05, 3.63) is 59.2 Å². The van der Waals surface area contributed by atoms with Crippen LogP contribution < -0.4 is 4.90 Å². The molecule has 3 aromatic rings. The summed E-state index contributed by atoms with van der Waals surface area (Å²) >= 11 is 0. The Balaban J connectivity index is 1.43. The molecule has 2 aliphatic rings. The zero-order valence-corrected chi connectivity index (χ0v) is 19.6. The van der Waals surface area contributed by atoms with Crippen molar-refractivity contribution >= 4 is 11.9 Å². The highest BCUT2D eigenvalue weighted by Gasteiger charge is 2.67. The fraction of sp³-hybridized carbons (Fsp3) is 0.435. The molecule has 2 aromatic heterocycles. The van der Waals surface area contributed by atoms with E-state index >= 15 is 8.78 Å². The minimum Gasteiger partial charge on any atom is -0.334 e. The summed E-state index contributed by atoms with van der Waals surface area (Å²) in [5.41, 5.74) is -8.29. The van der Waals surface area contributed by atoms with Crippen LogP contribution in [0.1, 0.15) is 35.6 Å². The lowest BCUT2D eigenvalue weighted by molar-refractivity contribution is 0.0491. The molecular weight excluding hydrogens is 485 g/mol. The molecule has 190 valence electrons. The first-order valence-electron chi connectivity index (χ1n) is 11.1. The highest BCUT2D eigenvalue weighted by Crippen LogP contribution is 2.46. The van der Waals surface area contributed by atoms with Crippen molar-refractivity contribution in [1.29, 1.82) is 0 Å². The fourth-order valence-electron chi connectivity index (χ4n) is 4.74. The van der Waals surface area contributed by atoms with Gasteiger partial charge in [-0.25, -0.2) is 31.9 Å². The predicted molar refractivity (Wildman–Crippen MR) is 118 cm³/mol. The van der Waals surface area contributed by atoms with Gasteiger partial charge in [0, 0.05) is 0 Å². The zero-order chi connectivity index (χ0) is 26.0. The molecule has 1 aromatic carbocycles. The maximum absolute atomic E-state index is 16.0. The molecule has 2 aliphatic heterocycles. The number of aromatic nitrogens is 5. The smallest absolute Gasteiger partial charge is 0.259 e. The molecule has 4 heterocycles. The third-order valence-electron chi connectivity index (χ3n) is 6.55. The summed E-state index contributed by atoms with van der Waals surface area (Å²) in [5, 5.41) is 7.82. The van der Waals surface area contributed by atoms with E-state index in [-0.39, 0.29) is 17.3 Å². The number of anilines is 1. The summed E-state index contributed by atoms with van der Waals surface area (Å²) in [6.07, 6.45) is 2.69. The number of amides is 1. The number of hydrogen-bond donors (Lipinski definition) is 0. The maximum atomic E-state index is 16.0. The second-order valence-electron chi connectivity index (χ2n) is 9.64. The Morgan fingerprint density at radius 2 is 1.61 bits per heavy atom. The van der Waals surface area contributed by atoms with Crippen molar-refractivity contribution in [2.45, 2.75) is 37.8 Å². The van der Waals surface area contributed by atoms with Gasteiger partial charge < -0.3 is 9.80 Å². The van der Waals surface area contributed by atoms with Gasteiger partial charge in [-0.05, 0) is 32.9 Å². The number of aryl methyl sites for hydroxylation is 1. The van der Waals surface area contributed by atoms with Crippen LogP contribution in [0, 0.1) is 18.6 Å². The van der Waals surface area contributed by atoms with Gasteiger partial charge in [0.05, 0.1) is 44.3 Å². The first-order chi connectivity index (χ1) is 16.8. The average Bonchev–Trinajstić information content (AvgIpc) is 3.46. The highest BCUT2D eigenvalue weighted by molar-refractivity contribution is 5.98. The van der Waals surface area contributed by atoms with Crippen LogP contribution in [0.2, 0.25) is 0 Å². The van der Waals surface area contributed by atoms with E-state index in [1.165, 1.54) is 36.4 Å². The van der Waals surface area contributed by atoms with Crippen LogP contribution in [-0.2, 0) is 5.67 Å². The fourth-order valence-corrected chi connectivity index (χ4v) is 4.74. The Labute approximate surface area is 202 Å². The van der Waals surface area contributed by atoms with E-state index in [4.69, 9.17) is 0 Å². The number of likely N-dealkylation sites (tertiary alicyclic amines) is 1. The largest absolute Gasteiger partial charge is 0.334 e. The molecule has 2 fully saturated rings. The second kappa shape index (κ2) is 7.93. The van der Waals surface area contributed by atoms with Crippen LogP contribution in [-0.4, -0.2) is 73.3 Å². The van der Waals surface area contributed by atoms with Crippen LogP contribution >= 0.6 is 0 Å². The molecule has 0 unspecified atom stereocenters. The molecule has 0 bridgehead atoms. The highest BCUT2D eigenvalue weighted by atomic mass is 19.2. The summed E-state index contributed by atoms with van der Waals surface area (Å²) in [7, 11) is 0. The van der Waals surface area contributed by atoms with E-state index < -0.39 is 72.0 Å². The third-order valence-corrected chi connectivity index (χ3v) is 6.55. The number of halogens is 5.